The largest absolute Gasteiger partial charge is 0.383 e. The van der Waals surface area contributed by atoms with Crippen molar-refractivity contribution in [2.75, 3.05) is 25.0 Å². The van der Waals surface area contributed by atoms with Crippen LogP contribution in [0.15, 0.2) is 24.3 Å². The van der Waals surface area contributed by atoms with Crippen molar-refractivity contribution in [1.29, 1.82) is 0 Å². The van der Waals surface area contributed by atoms with Gasteiger partial charge in [0.1, 0.15) is 0 Å². The van der Waals surface area contributed by atoms with E-state index in [4.69, 9.17) is 5.73 Å². The zero-order valence-corrected chi connectivity index (χ0v) is 13.7. The molecule has 0 heterocycles. The Morgan fingerprint density at radius 1 is 1.26 bits per heavy atom. The van der Waals surface area contributed by atoms with E-state index in [9.17, 15) is 14.9 Å². The van der Waals surface area contributed by atoms with Crippen LogP contribution in [0.4, 0.5) is 11.4 Å². The lowest BCUT2D eigenvalue weighted by Crippen LogP contribution is -2.37. The molecule has 1 amide bonds. The van der Waals surface area contributed by atoms with Crippen LogP contribution in [0.5, 0.6) is 0 Å². The highest BCUT2D eigenvalue weighted by Crippen LogP contribution is 2.30. The summed E-state index contributed by atoms with van der Waals surface area (Å²) in [5.74, 6) is 0.436. The average molecular weight is 343 g/mol. The Morgan fingerprint density at radius 3 is 2.57 bits per heavy atom. The molecule has 2 atom stereocenters. The van der Waals surface area contributed by atoms with Gasteiger partial charge in [-0.05, 0) is 37.4 Å². The molecular formula is C15H23ClN4O3. The van der Waals surface area contributed by atoms with E-state index in [0.717, 1.165) is 24.9 Å². The number of nitro benzene ring substituents is 1. The predicted octanol–water partition coefficient (Wildman–Crippen LogP) is 1.92. The van der Waals surface area contributed by atoms with Gasteiger partial charge in [-0.25, -0.2) is 0 Å². The van der Waals surface area contributed by atoms with Crippen molar-refractivity contribution in [3.63, 3.8) is 0 Å². The Morgan fingerprint density at radius 2 is 1.96 bits per heavy atom. The van der Waals surface area contributed by atoms with E-state index in [2.05, 4.69) is 10.6 Å². The Labute approximate surface area is 141 Å². The van der Waals surface area contributed by atoms with Crippen LogP contribution in [0.1, 0.15) is 19.3 Å². The zero-order valence-electron chi connectivity index (χ0n) is 12.9. The predicted molar refractivity (Wildman–Crippen MR) is 91.7 cm³/mol. The number of hydrogen-bond donors (Lipinski definition) is 3. The van der Waals surface area contributed by atoms with E-state index >= 15 is 0 Å². The number of rotatable bonds is 7. The summed E-state index contributed by atoms with van der Waals surface area (Å²) in [4.78, 5) is 22.2. The highest BCUT2D eigenvalue weighted by Gasteiger charge is 2.31. The van der Waals surface area contributed by atoms with Crippen molar-refractivity contribution >= 4 is 29.7 Å². The molecule has 1 aromatic carbocycles. The molecule has 0 saturated heterocycles. The number of halogens is 1. The molecule has 0 aliphatic heterocycles. The van der Waals surface area contributed by atoms with Gasteiger partial charge in [-0.1, -0.05) is 6.42 Å². The first-order chi connectivity index (χ1) is 10.6. The van der Waals surface area contributed by atoms with Gasteiger partial charge >= 0.3 is 0 Å². The fourth-order valence-corrected chi connectivity index (χ4v) is 2.89. The Kier molecular flexibility index (Phi) is 7.77. The number of non-ortho nitro benzene ring substituents is 1. The number of nitro groups is 1. The normalized spacial score (nSPS) is 19.7. The highest BCUT2D eigenvalue weighted by molar-refractivity contribution is 5.85. The second kappa shape index (κ2) is 9.32. The summed E-state index contributed by atoms with van der Waals surface area (Å²) in [6, 6.07) is 6.21. The number of benzene rings is 1. The van der Waals surface area contributed by atoms with Crippen LogP contribution in [-0.2, 0) is 4.79 Å². The number of anilines is 1. The Balaban J connectivity index is 0.00000264. The van der Waals surface area contributed by atoms with Gasteiger partial charge in [-0.3, -0.25) is 14.9 Å². The van der Waals surface area contributed by atoms with Crippen LogP contribution < -0.4 is 16.4 Å². The molecule has 0 unspecified atom stereocenters. The molecular weight excluding hydrogens is 320 g/mol. The summed E-state index contributed by atoms with van der Waals surface area (Å²) in [5.41, 5.74) is 6.54. The molecule has 0 aromatic heterocycles. The number of hydrogen-bond acceptors (Lipinski definition) is 5. The number of amides is 1. The molecule has 1 aromatic rings. The topological polar surface area (TPSA) is 110 Å². The first kappa shape index (κ1) is 19.2. The molecule has 1 aliphatic carbocycles. The summed E-state index contributed by atoms with van der Waals surface area (Å²) in [6.07, 6.45) is 3.03. The maximum absolute atomic E-state index is 12.1. The van der Waals surface area contributed by atoms with Gasteiger partial charge in [0.05, 0.1) is 4.92 Å². The van der Waals surface area contributed by atoms with Gasteiger partial charge in [0.15, 0.2) is 0 Å². The molecule has 1 saturated carbocycles. The lowest BCUT2D eigenvalue weighted by molar-refractivity contribution is -0.384. The monoisotopic (exact) mass is 342 g/mol. The van der Waals surface area contributed by atoms with Gasteiger partial charge in [0.25, 0.3) is 5.69 Å². The van der Waals surface area contributed by atoms with Gasteiger partial charge in [0, 0.05) is 36.8 Å². The SMILES string of the molecule is Cl.NC[C@H]1CCC[C@H]1C(=O)NCCNc1ccc([N+](=O)[O-])cc1. The fourth-order valence-electron chi connectivity index (χ4n) is 2.89. The lowest BCUT2D eigenvalue weighted by Gasteiger charge is -2.17. The van der Waals surface area contributed by atoms with Crippen LogP contribution >= 0.6 is 12.4 Å². The van der Waals surface area contributed by atoms with Crippen LogP contribution in [0.25, 0.3) is 0 Å². The quantitative estimate of drug-likeness (QED) is 0.398. The molecule has 1 fully saturated rings. The zero-order chi connectivity index (χ0) is 15.9. The van der Waals surface area contributed by atoms with E-state index in [1.807, 2.05) is 0 Å². The Hall–Kier alpha value is -1.86. The molecule has 0 radical (unpaired) electrons. The molecule has 4 N–H and O–H groups in total. The van der Waals surface area contributed by atoms with Crippen molar-refractivity contribution < 1.29 is 9.72 Å². The molecule has 2 rings (SSSR count). The van der Waals surface area contributed by atoms with E-state index < -0.39 is 4.92 Å². The molecule has 7 nitrogen and oxygen atoms in total. The molecule has 1 aliphatic rings. The standard InChI is InChI=1S/C15H22N4O3.ClH/c16-10-11-2-1-3-14(11)15(20)18-9-8-17-12-4-6-13(7-5-12)19(21)22;/h4-7,11,14,17H,1-3,8-10,16H2,(H,18,20);1H/t11-,14-;/m1./s1. The van der Waals surface area contributed by atoms with E-state index in [-0.39, 0.29) is 29.9 Å². The third kappa shape index (κ3) is 5.37. The van der Waals surface area contributed by atoms with E-state index in [0.29, 0.717) is 25.6 Å². The number of carbonyl (C=O) groups excluding carboxylic acids is 1. The number of nitrogens with two attached hydrogens (primary N) is 1. The lowest BCUT2D eigenvalue weighted by atomic mass is 9.95. The first-order valence-electron chi connectivity index (χ1n) is 7.58. The van der Waals surface area contributed by atoms with Gasteiger partial charge in [-0.2, -0.15) is 0 Å². The van der Waals surface area contributed by atoms with Crippen molar-refractivity contribution in [2.45, 2.75) is 19.3 Å². The molecule has 0 bridgehead atoms. The highest BCUT2D eigenvalue weighted by atomic mass is 35.5. The molecule has 8 heteroatoms. The maximum Gasteiger partial charge on any atom is 0.269 e. The summed E-state index contributed by atoms with van der Waals surface area (Å²) >= 11 is 0. The van der Waals surface area contributed by atoms with Crippen molar-refractivity contribution in [3.8, 4) is 0 Å². The first-order valence-corrected chi connectivity index (χ1v) is 7.58. The number of nitrogens with one attached hydrogen (secondary N) is 2. The third-order valence-electron chi connectivity index (χ3n) is 4.13. The van der Waals surface area contributed by atoms with Crippen LogP contribution in [0.3, 0.4) is 0 Å². The van der Waals surface area contributed by atoms with Crippen molar-refractivity contribution in [3.05, 3.63) is 34.4 Å². The molecule has 23 heavy (non-hydrogen) atoms. The van der Waals surface area contributed by atoms with E-state index in [1.54, 1.807) is 12.1 Å². The molecule has 0 spiro atoms. The van der Waals surface area contributed by atoms with E-state index in [1.165, 1.54) is 12.1 Å². The van der Waals surface area contributed by atoms with Crippen molar-refractivity contribution in [1.82, 2.24) is 5.32 Å². The summed E-state index contributed by atoms with van der Waals surface area (Å²) in [7, 11) is 0. The second-order valence-corrected chi connectivity index (χ2v) is 5.55. The molecule has 128 valence electrons. The van der Waals surface area contributed by atoms with Gasteiger partial charge in [0.2, 0.25) is 5.91 Å². The third-order valence-corrected chi connectivity index (χ3v) is 4.13. The fraction of sp³-hybridized carbons (Fsp3) is 0.533. The number of carbonyl (C=O) groups is 1. The van der Waals surface area contributed by atoms with Crippen LogP contribution in [0, 0.1) is 22.0 Å². The maximum atomic E-state index is 12.1. The second-order valence-electron chi connectivity index (χ2n) is 5.55. The summed E-state index contributed by atoms with van der Waals surface area (Å²) < 4.78 is 0. The van der Waals surface area contributed by atoms with Gasteiger partial charge < -0.3 is 16.4 Å². The summed E-state index contributed by atoms with van der Waals surface area (Å²) in [5, 5.41) is 16.6. The minimum absolute atomic E-state index is 0. The summed E-state index contributed by atoms with van der Waals surface area (Å²) in [6.45, 7) is 1.66. The van der Waals surface area contributed by atoms with Crippen molar-refractivity contribution in [2.24, 2.45) is 17.6 Å². The minimum atomic E-state index is -0.431. The smallest absolute Gasteiger partial charge is 0.269 e. The Bertz CT molecular complexity index is 524. The average Bonchev–Trinajstić information content (AvgIpc) is 3.00. The number of nitrogens with zero attached hydrogens (tertiary/aromatic N) is 1. The van der Waals surface area contributed by atoms with Crippen LogP contribution in [0.2, 0.25) is 0 Å². The van der Waals surface area contributed by atoms with Gasteiger partial charge in [-0.15, -0.1) is 12.4 Å². The van der Waals surface area contributed by atoms with Crippen LogP contribution in [-0.4, -0.2) is 30.5 Å². The minimum Gasteiger partial charge on any atom is -0.383 e.